The number of rotatable bonds is 5. The average molecular weight is 216 g/mol. The second-order valence-corrected chi connectivity index (χ2v) is 3.45. The fourth-order valence-corrected chi connectivity index (χ4v) is 1.39. The van der Waals surface area contributed by atoms with Crippen molar-refractivity contribution in [2.24, 2.45) is 0 Å². The SMILES string of the molecule is COCCCC(O)c1ccnc(Cl)c1. The number of hydrogen-bond donors (Lipinski definition) is 1. The molecule has 0 fully saturated rings. The van der Waals surface area contributed by atoms with E-state index in [2.05, 4.69) is 4.98 Å². The number of pyridine rings is 1. The molecule has 1 aromatic heterocycles. The van der Waals surface area contributed by atoms with Gasteiger partial charge in [0.15, 0.2) is 0 Å². The van der Waals surface area contributed by atoms with E-state index >= 15 is 0 Å². The van der Waals surface area contributed by atoms with E-state index in [1.807, 2.05) is 0 Å². The largest absolute Gasteiger partial charge is 0.388 e. The Kier molecular flexibility index (Phi) is 4.87. The molecular formula is C10H14ClNO2. The van der Waals surface area contributed by atoms with Crippen LogP contribution in [0.4, 0.5) is 0 Å². The van der Waals surface area contributed by atoms with E-state index < -0.39 is 6.10 Å². The van der Waals surface area contributed by atoms with Crippen LogP contribution in [0.5, 0.6) is 0 Å². The highest BCUT2D eigenvalue weighted by atomic mass is 35.5. The molecule has 1 unspecified atom stereocenters. The molecule has 1 rings (SSSR count). The van der Waals surface area contributed by atoms with Gasteiger partial charge >= 0.3 is 0 Å². The van der Waals surface area contributed by atoms with Gasteiger partial charge in [0.25, 0.3) is 0 Å². The summed E-state index contributed by atoms with van der Waals surface area (Å²) in [5.41, 5.74) is 0.807. The fourth-order valence-electron chi connectivity index (χ4n) is 1.21. The van der Waals surface area contributed by atoms with Crippen molar-refractivity contribution in [2.75, 3.05) is 13.7 Å². The molecule has 3 nitrogen and oxygen atoms in total. The summed E-state index contributed by atoms with van der Waals surface area (Å²) in [6.45, 7) is 0.663. The van der Waals surface area contributed by atoms with E-state index in [1.54, 1.807) is 25.4 Å². The third kappa shape index (κ3) is 3.62. The molecule has 0 aliphatic carbocycles. The predicted molar refractivity (Wildman–Crippen MR) is 55.3 cm³/mol. The van der Waals surface area contributed by atoms with Crippen LogP contribution in [0.1, 0.15) is 24.5 Å². The van der Waals surface area contributed by atoms with E-state index in [1.165, 1.54) is 0 Å². The Labute approximate surface area is 88.7 Å². The van der Waals surface area contributed by atoms with Crippen molar-refractivity contribution in [1.82, 2.24) is 4.98 Å². The summed E-state index contributed by atoms with van der Waals surface area (Å²) in [6, 6.07) is 3.45. The fraction of sp³-hybridized carbons (Fsp3) is 0.500. The number of nitrogens with zero attached hydrogens (tertiary/aromatic N) is 1. The van der Waals surface area contributed by atoms with Crippen molar-refractivity contribution < 1.29 is 9.84 Å². The molecule has 0 spiro atoms. The predicted octanol–water partition coefficient (Wildman–Crippen LogP) is 2.20. The Morgan fingerprint density at radius 1 is 1.64 bits per heavy atom. The molecule has 1 N–H and O–H groups in total. The van der Waals surface area contributed by atoms with Crippen LogP contribution >= 0.6 is 11.6 Å². The number of hydrogen-bond acceptors (Lipinski definition) is 3. The Hall–Kier alpha value is -0.640. The summed E-state index contributed by atoms with van der Waals surface area (Å²) in [4.78, 5) is 3.85. The van der Waals surface area contributed by atoms with Crippen LogP contribution in [0.15, 0.2) is 18.3 Å². The number of methoxy groups -OCH3 is 1. The summed E-state index contributed by atoms with van der Waals surface area (Å²) in [6.07, 6.45) is 2.62. The summed E-state index contributed by atoms with van der Waals surface area (Å²) >= 11 is 5.70. The second kappa shape index (κ2) is 5.96. The molecule has 0 aromatic carbocycles. The van der Waals surface area contributed by atoms with Gasteiger partial charge < -0.3 is 9.84 Å². The van der Waals surface area contributed by atoms with Crippen LogP contribution < -0.4 is 0 Å². The summed E-state index contributed by atoms with van der Waals surface area (Å²) < 4.78 is 4.90. The van der Waals surface area contributed by atoms with Crippen molar-refractivity contribution in [3.8, 4) is 0 Å². The topological polar surface area (TPSA) is 42.4 Å². The van der Waals surface area contributed by atoms with Gasteiger partial charge in [-0.2, -0.15) is 0 Å². The number of aromatic nitrogens is 1. The minimum Gasteiger partial charge on any atom is -0.388 e. The first-order valence-electron chi connectivity index (χ1n) is 4.52. The zero-order valence-electron chi connectivity index (χ0n) is 8.11. The maximum Gasteiger partial charge on any atom is 0.129 e. The molecular weight excluding hydrogens is 202 g/mol. The Balaban J connectivity index is 2.47. The molecule has 0 saturated heterocycles. The lowest BCUT2D eigenvalue weighted by atomic mass is 10.1. The van der Waals surface area contributed by atoms with E-state index in [-0.39, 0.29) is 0 Å². The zero-order chi connectivity index (χ0) is 10.4. The molecule has 0 saturated carbocycles. The van der Waals surface area contributed by atoms with Gasteiger partial charge in [-0.1, -0.05) is 11.6 Å². The average Bonchev–Trinajstić information content (AvgIpc) is 2.18. The van der Waals surface area contributed by atoms with Gasteiger partial charge in [-0.25, -0.2) is 4.98 Å². The van der Waals surface area contributed by atoms with Crippen molar-refractivity contribution in [1.29, 1.82) is 0 Å². The maximum atomic E-state index is 9.73. The van der Waals surface area contributed by atoms with Crippen LogP contribution in [0.2, 0.25) is 5.15 Å². The summed E-state index contributed by atoms with van der Waals surface area (Å²) in [7, 11) is 1.65. The monoisotopic (exact) mass is 215 g/mol. The van der Waals surface area contributed by atoms with Crippen LogP contribution in [-0.4, -0.2) is 23.8 Å². The summed E-state index contributed by atoms with van der Waals surface area (Å²) in [5, 5.41) is 10.1. The molecule has 1 atom stereocenters. The van der Waals surface area contributed by atoms with E-state index in [0.717, 1.165) is 12.0 Å². The van der Waals surface area contributed by atoms with Crippen molar-refractivity contribution >= 4 is 11.6 Å². The molecule has 1 heterocycles. The van der Waals surface area contributed by atoms with Gasteiger partial charge in [-0.05, 0) is 30.5 Å². The number of aliphatic hydroxyl groups is 1. The van der Waals surface area contributed by atoms with Crippen LogP contribution in [0, 0.1) is 0 Å². The first-order chi connectivity index (χ1) is 6.74. The molecule has 1 aromatic rings. The van der Waals surface area contributed by atoms with Gasteiger partial charge in [0.05, 0.1) is 6.10 Å². The molecule has 0 aliphatic rings. The van der Waals surface area contributed by atoms with Crippen LogP contribution in [0.25, 0.3) is 0 Å². The molecule has 0 aliphatic heterocycles. The minimum absolute atomic E-state index is 0.410. The molecule has 78 valence electrons. The van der Waals surface area contributed by atoms with Gasteiger partial charge in [0.1, 0.15) is 5.15 Å². The van der Waals surface area contributed by atoms with E-state index in [4.69, 9.17) is 16.3 Å². The van der Waals surface area contributed by atoms with Crippen LogP contribution in [0.3, 0.4) is 0 Å². The summed E-state index contributed by atoms with van der Waals surface area (Å²) in [5.74, 6) is 0. The standard InChI is InChI=1S/C10H14ClNO2/c1-14-6-2-3-9(13)8-4-5-12-10(11)7-8/h4-5,7,9,13H,2-3,6H2,1H3. The van der Waals surface area contributed by atoms with Gasteiger partial charge in [-0.15, -0.1) is 0 Å². The zero-order valence-corrected chi connectivity index (χ0v) is 8.87. The van der Waals surface area contributed by atoms with Crippen molar-refractivity contribution in [3.05, 3.63) is 29.0 Å². The first-order valence-corrected chi connectivity index (χ1v) is 4.90. The van der Waals surface area contributed by atoms with E-state index in [9.17, 15) is 5.11 Å². The van der Waals surface area contributed by atoms with E-state index in [0.29, 0.717) is 18.2 Å². The minimum atomic E-state index is -0.481. The third-order valence-electron chi connectivity index (χ3n) is 1.96. The normalized spacial score (nSPS) is 12.8. The number of ether oxygens (including phenoxy) is 1. The highest BCUT2D eigenvalue weighted by Crippen LogP contribution is 2.19. The lowest BCUT2D eigenvalue weighted by molar-refractivity contribution is 0.136. The number of aliphatic hydroxyl groups excluding tert-OH is 1. The van der Waals surface area contributed by atoms with Crippen molar-refractivity contribution in [2.45, 2.75) is 18.9 Å². The molecule has 0 amide bonds. The lowest BCUT2D eigenvalue weighted by Crippen LogP contribution is -2.00. The Bertz CT molecular complexity index is 281. The molecule has 0 radical (unpaired) electrons. The van der Waals surface area contributed by atoms with Crippen LogP contribution in [-0.2, 0) is 4.74 Å². The Morgan fingerprint density at radius 2 is 2.43 bits per heavy atom. The van der Waals surface area contributed by atoms with Gasteiger partial charge in [0, 0.05) is 19.9 Å². The Morgan fingerprint density at radius 3 is 3.07 bits per heavy atom. The van der Waals surface area contributed by atoms with Crippen molar-refractivity contribution in [3.63, 3.8) is 0 Å². The molecule has 4 heteroatoms. The quantitative estimate of drug-likeness (QED) is 0.605. The smallest absolute Gasteiger partial charge is 0.129 e. The molecule has 0 bridgehead atoms. The third-order valence-corrected chi connectivity index (χ3v) is 2.17. The lowest BCUT2D eigenvalue weighted by Gasteiger charge is -2.10. The molecule has 14 heavy (non-hydrogen) atoms. The highest BCUT2D eigenvalue weighted by molar-refractivity contribution is 6.29. The number of halogens is 1. The van der Waals surface area contributed by atoms with Gasteiger partial charge in [0.2, 0.25) is 0 Å². The first kappa shape index (κ1) is 11.4. The maximum absolute atomic E-state index is 9.73. The van der Waals surface area contributed by atoms with Gasteiger partial charge in [-0.3, -0.25) is 0 Å². The second-order valence-electron chi connectivity index (χ2n) is 3.06. The highest BCUT2D eigenvalue weighted by Gasteiger charge is 2.07.